The molecule has 3 heteroatoms. The summed E-state index contributed by atoms with van der Waals surface area (Å²) in [6.45, 7) is 2.05. The van der Waals surface area contributed by atoms with E-state index in [0.29, 0.717) is 5.92 Å². The highest BCUT2D eigenvalue weighted by Gasteiger charge is 2.36. The van der Waals surface area contributed by atoms with Crippen LogP contribution in [0.5, 0.6) is 0 Å². The van der Waals surface area contributed by atoms with Crippen molar-refractivity contribution in [1.29, 1.82) is 0 Å². The quantitative estimate of drug-likeness (QED) is 0.565. The van der Waals surface area contributed by atoms with E-state index in [4.69, 9.17) is 5.73 Å². The minimum absolute atomic E-state index is 0.0115. The van der Waals surface area contributed by atoms with Crippen molar-refractivity contribution in [3.8, 4) is 0 Å². The summed E-state index contributed by atoms with van der Waals surface area (Å²) in [5, 5.41) is 0. The van der Waals surface area contributed by atoms with Crippen LogP contribution in [-0.4, -0.2) is 19.1 Å². The zero-order valence-electron chi connectivity index (χ0n) is 7.04. The van der Waals surface area contributed by atoms with Gasteiger partial charge in [-0.05, 0) is 18.8 Å². The van der Waals surface area contributed by atoms with E-state index in [1.54, 1.807) is 0 Å². The Morgan fingerprint density at radius 3 is 2.55 bits per heavy atom. The van der Waals surface area contributed by atoms with E-state index >= 15 is 0 Å². The normalized spacial score (nSPS) is 37.2. The van der Waals surface area contributed by atoms with Gasteiger partial charge in [0.05, 0.1) is 13.0 Å². The van der Waals surface area contributed by atoms with Gasteiger partial charge in [-0.15, -0.1) is 0 Å². The van der Waals surface area contributed by atoms with Crippen LogP contribution in [0.25, 0.3) is 0 Å². The number of rotatable bonds is 1. The molecule has 0 bridgehead atoms. The van der Waals surface area contributed by atoms with Crippen LogP contribution in [0, 0.1) is 11.8 Å². The fraction of sp³-hybridized carbons (Fsp3) is 0.875. The van der Waals surface area contributed by atoms with Crippen molar-refractivity contribution >= 4 is 5.97 Å². The van der Waals surface area contributed by atoms with Crippen LogP contribution in [0.2, 0.25) is 0 Å². The van der Waals surface area contributed by atoms with E-state index in [2.05, 4.69) is 11.7 Å². The molecule has 0 aromatic rings. The first-order chi connectivity index (χ1) is 5.16. The van der Waals surface area contributed by atoms with Gasteiger partial charge in [-0.1, -0.05) is 6.92 Å². The molecule has 64 valence electrons. The van der Waals surface area contributed by atoms with Gasteiger partial charge in [0.2, 0.25) is 0 Å². The van der Waals surface area contributed by atoms with Crippen LogP contribution >= 0.6 is 0 Å². The molecule has 0 saturated heterocycles. The van der Waals surface area contributed by atoms with Gasteiger partial charge >= 0.3 is 5.97 Å². The molecule has 0 spiro atoms. The predicted molar refractivity (Wildman–Crippen MR) is 41.9 cm³/mol. The van der Waals surface area contributed by atoms with Gasteiger partial charge in [-0.3, -0.25) is 4.79 Å². The smallest absolute Gasteiger partial charge is 0.310 e. The minimum atomic E-state index is -0.150. The third-order valence-electron chi connectivity index (χ3n) is 2.50. The molecule has 0 amide bonds. The molecule has 3 nitrogen and oxygen atoms in total. The first kappa shape index (κ1) is 8.53. The Bertz CT molecular complexity index is 148. The lowest BCUT2D eigenvalue weighted by molar-refractivity contribution is -0.146. The summed E-state index contributed by atoms with van der Waals surface area (Å²) in [6.07, 6.45) is 1.99. The molecule has 1 aliphatic rings. The lowest BCUT2D eigenvalue weighted by atomic mass is 9.96. The molecule has 0 aliphatic heterocycles. The number of nitrogens with two attached hydrogens (primary N) is 1. The van der Waals surface area contributed by atoms with Crippen molar-refractivity contribution in [2.75, 3.05) is 7.11 Å². The second kappa shape index (κ2) is 3.22. The maximum Gasteiger partial charge on any atom is 0.310 e. The Hall–Kier alpha value is -0.570. The lowest BCUT2D eigenvalue weighted by Crippen LogP contribution is -2.34. The largest absolute Gasteiger partial charge is 0.469 e. The van der Waals surface area contributed by atoms with Crippen molar-refractivity contribution in [1.82, 2.24) is 0 Å². The zero-order chi connectivity index (χ0) is 8.43. The van der Waals surface area contributed by atoms with Crippen LogP contribution in [0.3, 0.4) is 0 Å². The van der Waals surface area contributed by atoms with Gasteiger partial charge in [-0.25, -0.2) is 0 Å². The van der Waals surface area contributed by atoms with Crippen molar-refractivity contribution in [2.45, 2.75) is 25.8 Å². The second-order valence-electron chi connectivity index (χ2n) is 3.27. The Kier molecular flexibility index (Phi) is 2.49. The maximum absolute atomic E-state index is 11.1. The van der Waals surface area contributed by atoms with Gasteiger partial charge in [0.15, 0.2) is 0 Å². The number of hydrogen-bond donors (Lipinski definition) is 1. The third kappa shape index (κ3) is 1.53. The first-order valence-corrected chi connectivity index (χ1v) is 4.00. The third-order valence-corrected chi connectivity index (χ3v) is 2.50. The van der Waals surface area contributed by atoms with Crippen molar-refractivity contribution in [2.24, 2.45) is 17.6 Å². The van der Waals surface area contributed by atoms with E-state index in [-0.39, 0.29) is 17.9 Å². The van der Waals surface area contributed by atoms with E-state index in [1.165, 1.54) is 7.11 Å². The summed E-state index contributed by atoms with van der Waals surface area (Å²) < 4.78 is 4.66. The molecule has 0 heterocycles. The number of carbonyl (C=O) groups excluding carboxylic acids is 1. The molecule has 1 saturated carbocycles. The Morgan fingerprint density at radius 1 is 1.55 bits per heavy atom. The summed E-state index contributed by atoms with van der Waals surface area (Å²) in [5.74, 6) is 0.167. The molecule has 1 aliphatic carbocycles. The average Bonchev–Trinajstić information content (AvgIpc) is 2.30. The number of esters is 1. The highest BCUT2D eigenvalue weighted by atomic mass is 16.5. The second-order valence-corrected chi connectivity index (χ2v) is 3.27. The summed E-state index contributed by atoms with van der Waals surface area (Å²) in [7, 11) is 1.42. The molecule has 1 rings (SSSR count). The van der Waals surface area contributed by atoms with Crippen LogP contribution in [0.1, 0.15) is 19.8 Å². The van der Waals surface area contributed by atoms with E-state index in [9.17, 15) is 4.79 Å². The molecule has 2 N–H and O–H groups in total. The first-order valence-electron chi connectivity index (χ1n) is 4.00. The topological polar surface area (TPSA) is 52.3 Å². The summed E-state index contributed by atoms with van der Waals surface area (Å²) in [5.41, 5.74) is 5.75. The molecular formula is C8H15NO2. The molecule has 1 fully saturated rings. The molecule has 11 heavy (non-hydrogen) atoms. The number of methoxy groups -OCH3 is 1. The fourth-order valence-corrected chi connectivity index (χ4v) is 1.78. The Labute approximate surface area is 66.9 Å². The zero-order valence-corrected chi connectivity index (χ0v) is 7.04. The standard InChI is InChI=1S/C8H15NO2/c1-5-3-4-6(9)7(5)8(10)11-2/h5-7H,3-4,9H2,1-2H3/t5-,6-,7+/m1/s1. The van der Waals surface area contributed by atoms with Crippen molar-refractivity contribution in [3.05, 3.63) is 0 Å². The highest BCUT2D eigenvalue weighted by Crippen LogP contribution is 2.30. The number of hydrogen-bond acceptors (Lipinski definition) is 3. The maximum atomic E-state index is 11.1. The van der Waals surface area contributed by atoms with Gasteiger partial charge in [0, 0.05) is 6.04 Å². The summed E-state index contributed by atoms with van der Waals surface area (Å²) in [4.78, 5) is 11.1. The van der Waals surface area contributed by atoms with Crippen molar-refractivity contribution < 1.29 is 9.53 Å². The summed E-state index contributed by atoms with van der Waals surface area (Å²) in [6, 6.07) is 0.0115. The monoisotopic (exact) mass is 157 g/mol. The average molecular weight is 157 g/mol. The Balaban J connectivity index is 2.60. The van der Waals surface area contributed by atoms with Crippen LogP contribution in [0.15, 0.2) is 0 Å². The number of ether oxygens (including phenoxy) is 1. The predicted octanol–water partition coefficient (Wildman–Crippen LogP) is 0.533. The lowest BCUT2D eigenvalue weighted by Gasteiger charge is -2.16. The molecule has 0 aromatic heterocycles. The molecule has 0 aromatic carbocycles. The van der Waals surface area contributed by atoms with E-state index < -0.39 is 0 Å². The van der Waals surface area contributed by atoms with Gasteiger partial charge in [0.1, 0.15) is 0 Å². The SMILES string of the molecule is COC(=O)[C@H]1[C@H](C)CC[C@H]1N. The molecule has 3 atom stereocenters. The molecule has 0 unspecified atom stereocenters. The highest BCUT2D eigenvalue weighted by molar-refractivity contribution is 5.73. The van der Waals surface area contributed by atoms with Gasteiger partial charge < -0.3 is 10.5 Å². The molecular weight excluding hydrogens is 142 g/mol. The van der Waals surface area contributed by atoms with E-state index in [0.717, 1.165) is 12.8 Å². The van der Waals surface area contributed by atoms with Crippen LogP contribution in [-0.2, 0) is 9.53 Å². The fourth-order valence-electron chi connectivity index (χ4n) is 1.78. The van der Waals surface area contributed by atoms with E-state index in [1.807, 2.05) is 0 Å². The van der Waals surface area contributed by atoms with Crippen LogP contribution < -0.4 is 5.73 Å². The van der Waals surface area contributed by atoms with Gasteiger partial charge in [0.25, 0.3) is 0 Å². The van der Waals surface area contributed by atoms with Crippen molar-refractivity contribution in [3.63, 3.8) is 0 Å². The minimum Gasteiger partial charge on any atom is -0.469 e. The van der Waals surface area contributed by atoms with Crippen LogP contribution in [0.4, 0.5) is 0 Å². The molecule has 0 radical (unpaired) electrons. The number of carbonyl (C=O) groups is 1. The summed E-state index contributed by atoms with van der Waals surface area (Å²) >= 11 is 0. The Morgan fingerprint density at radius 2 is 2.18 bits per heavy atom. The van der Waals surface area contributed by atoms with Gasteiger partial charge in [-0.2, -0.15) is 0 Å².